The second kappa shape index (κ2) is 5.99. The predicted molar refractivity (Wildman–Crippen MR) is 64.3 cm³/mol. The maximum absolute atomic E-state index is 10.9. The summed E-state index contributed by atoms with van der Waals surface area (Å²) in [5, 5.41) is 20.1. The normalized spacial score (nSPS) is 12.2. The van der Waals surface area contributed by atoms with Crippen LogP contribution in [-0.4, -0.2) is 28.9 Å². The van der Waals surface area contributed by atoms with Crippen molar-refractivity contribution in [2.45, 2.75) is 17.2 Å². The van der Waals surface area contributed by atoms with Crippen LogP contribution in [0.1, 0.15) is 17.9 Å². The van der Waals surface area contributed by atoms with E-state index in [-0.39, 0.29) is 11.4 Å². The third-order valence-electron chi connectivity index (χ3n) is 1.86. The summed E-state index contributed by atoms with van der Waals surface area (Å²) in [5.74, 6) is -0.437. The van der Waals surface area contributed by atoms with Crippen LogP contribution in [0.15, 0.2) is 10.3 Å². The molecular formula is C9H11NO5S2. The highest BCUT2D eigenvalue weighted by molar-refractivity contribution is 8.01. The summed E-state index contributed by atoms with van der Waals surface area (Å²) in [6.07, 6.45) is -0.758. The third-order valence-corrected chi connectivity index (χ3v) is 4.40. The molecule has 0 aromatic carbocycles. The summed E-state index contributed by atoms with van der Waals surface area (Å²) in [5.41, 5.74) is -0.0835. The summed E-state index contributed by atoms with van der Waals surface area (Å²) in [4.78, 5) is 21.7. The summed E-state index contributed by atoms with van der Waals surface area (Å²) in [6.45, 7) is 1.53. The van der Waals surface area contributed by atoms with Gasteiger partial charge in [-0.05, 0) is 6.92 Å². The van der Waals surface area contributed by atoms with E-state index in [4.69, 9.17) is 0 Å². The van der Waals surface area contributed by atoms with Crippen molar-refractivity contribution in [3.63, 3.8) is 0 Å². The van der Waals surface area contributed by atoms with Gasteiger partial charge >= 0.3 is 5.97 Å². The largest absolute Gasteiger partial charge is 0.468 e. The Balaban J connectivity index is 2.88. The van der Waals surface area contributed by atoms with Gasteiger partial charge in [0.15, 0.2) is 0 Å². The molecule has 0 aliphatic rings. The number of nitrogens with zero attached hydrogens (tertiary/aromatic N) is 1. The molecule has 0 radical (unpaired) electrons. The minimum Gasteiger partial charge on any atom is -0.468 e. The van der Waals surface area contributed by atoms with Gasteiger partial charge in [-0.15, -0.1) is 11.3 Å². The van der Waals surface area contributed by atoms with Crippen LogP contribution >= 0.6 is 23.1 Å². The third kappa shape index (κ3) is 3.69. The molecule has 1 atom stereocenters. The predicted octanol–water partition coefficient (Wildman–Crippen LogP) is 1.97. The first-order valence-electron chi connectivity index (χ1n) is 4.61. The van der Waals surface area contributed by atoms with Crippen LogP contribution in [0.3, 0.4) is 0 Å². The van der Waals surface area contributed by atoms with E-state index in [1.54, 1.807) is 0 Å². The fourth-order valence-electron chi connectivity index (χ4n) is 1.00. The van der Waals surface area contributed by atoms with Crippen molar-refractivity contribution in [3.05, 3.63) is 21.1 Å². The highest BCUT2D eigenvalue weighted by atomic mass is 32.2. The molecule has 8 heteroatoms. The fraction of sp³-hybridized carbons (Fsp3) is 0.444. The number of aliphatic hydroxyl groups excluding tert-OH is 1. The van der Waals surface area contributed by atoms with E-state index < -0.39 is 17.0 Å². The van der Waals surface area contributed by atoms with Crippen LogP contribution in [0.25, 0.3) is 0 Å². The zero-order valence-corrected chi connectivity index (χ0v) is 10.8. The van der Waals surface area contributed by atoms with Crippen LogP contribution in [0, 0.1) is 10.1 Å². The van der Waals surface area contributed by atoms with Gasteiger partial charge in [0.1, 0.15) is 4.21 Å². The number of carbonyl (C=O) groups is 1. The quantitative estimate of drug-likeness (QED) is 0.383. The van der Waals surface area contributed by atoms with Crippen molar-refractivity contribution in [1.82, 2.24) is 0 Å². The number of hydrogen-bond donors (Lipinski definition) is 1. The van der Waals surface area contributed by atoms with Crippen molar-refractivity contribution in [1.29, 1.82) is 0 Å². The highest BCUT2D eigenvalue weighted by Crippen LogP contribution is 2.39. The lowest BCUT2D eigenvalue weighted by molar-refractivity contribution is -0.387. The summed E-state index contributed by atoms with van der Waals surface area (Å²) >= 11 is 2.15. The fourth-order valence-corrected chi connectivity index (χ4v) is 3.14. The zero-order chi connectivity index (χ0) is 13.0. The van der Waals surface area contributed by atoms with Gasteiger partial charge < -0.3 is 9.84 Å². The second-order valence-electron chi connectivity index (χ2n) is 3.12. The van der Waals surface area contributed by atoms with E-state index in [0.717, 1.165) is 23.1 Å². The molecule has 0 saturated heterocycles. The van der Waals surface area contributed by atoms with Gasteiger partial charge in [-0.25, -0.2) is 0 Å². The number of rotatable bonds is 5. The van der Waals surface area contributed by atoms with Crippen LogP contribution in [-0.2, 0) is 9.53 Å². The SMILES string of the molecule is COC(=O)CSc1sc([C@@H](C)O)cc1[N+](=O)[O-]. The molecule has 0 bridgehead atoms. The van der Waals surface area contributed by atoms with Gasteiger partial charge in [-0.3, -0.25) is 14.9 Å². The molecule has 0 aliphatic heterocycles. The maximum Gasteiger partial charge on any atom is 0.316 e. The Morgan fingerprint density at radius 3 is 2.88 bits per heavy atom. The highest BCUT2D eigenvalue weighted by Gasteiger charge is 2.22. The topological polar surface area (TPSA) is 89.7 Å². The molecule has 0 fully saturated rings. The van der Waals surface area contributed by atoms with E-state index in [1.165, 1.54) is 20.1 Å². The number of ether oxygens (including phenoxy) is 1. The van der Waals surface area contributed by atoms with Crippen molar-refractivity contribution < 1.29 is 19.6 Å². The summed E-state index contributed by atoms with van der Waals surface area (Å²) < 4.78 is 4.85. The Kier molecular flexibility index (Phi) is 4.91. The molecule has 1 rings (SSSR count). The van der Waals surface area contributed by atoms with Crippen LogP contribution < -0.4 is 0 Å². The molecule has 1 heterocycles. The molecule has 6 nitrogen and oxygen atoms in total. The Morgan fingerprint density at radius 1 is 1.76 bits per heavy atom. The number of nitro groups is 1. The maximum atomic E-state index is 10.9. The molecule has 94 valence electrons. The molecular weight excluding hydrogens is 266 g/mol. The first-order chi connectivity index (χ1) is 7.95. The molecule has 0 amide bonds. The molecule has 0 aliphatic carbocycles. The number of hydrogen-bond acceptors (Lipinski definition) is 7. The first kappa shape index (κ1) is 13.9. The van der Waals surface area contributed by atoms with Gasteiger partial charge in [-0.1, -0.05) is 11.8 Å². The van der Waals surface area contributed by atoms with Crippen molar-refractivity contribution in [2.24, 2.45) is 0 Å². The van der Waals surface area contributed by atoms with E-state index in [0.29, 0.717) is 9.09 Å². The molecule has 1 N–H and O–H groups in total. The number of thioether (sulfide) groups is 1. The standard InChI is InChI=1S/C9H11NO5S2/c1-5(11)7-3-6(10(13)14)9(17-7)16-4-8(12)15-2/h3,5,11H,4H2,1-2H3/t5-/m1/s1. The molecule has 0 saturated carbocycles. The number of methoxy groups -OCH3 is 1. The van der Waals surface area contributed by atoms with Crippen LogP contribution in [0.5, 0.6) is 0 Å². The van der Waals surface area contributed by atoms with Crippen LogP contribution in [0.2, 0.25) is 0 Å². The van der Waals surface area contributed by atoms with E-state index in [1.807, 2.05) is 0 Å². The first-order valence-corrected chi connectivity index (χ1v) is 6.41. The molecule has 1 aromatic rings. The van der Waals surface area contributed by atoms with E-state index in [2.05, 4.69) is 4.74 Å². The smallest absolute Gasteiger partial charge is 0.316 e. The Morgan fingerprint density at radius 2 is 2.41 bits per heavy atom. The number of esters is 1. The molecule has 0 spiro atoms. The molecule has 0 unspecified atom stereocenters. The minimum absolute atomic E-state index is 0.0110. The van der Waals surface area contributed by atoms with Crippen LogP contribution in [0.4, 0.5) is 5.69 Å². The zero-order valence-electron chi connectivity index (χ0n) is 9.21. The molecule has 1 aromatic heterocycles. The van der Waals surface area contributed by atoms with Gasteiger partial charge in [-0.2, -0.15) is 0 Å². The number of carbonyl (C=O) groups excluding carboxylic acids is 1. The van der Waals surface area contributed by atoms with E-state index in [9.17, 15) is 20.0 Å². The lowest BCUT2D eigenvalue weighted by Crippen LogP contribution is -2.02. The lowest BCUT2D eigenvalue weighted by atomic mass is 10.3. The summed E-state index contributed by atoms with van der Waals surface area (Å²) in [6, 6.07) is 1.33. The monoisotopic (exact) mass is 277 g/mol. The Bertz CT molecular complexity index is 429. The van der Waals surface area contributed by atoms with Gasteiger partial charge in [0.2, 0.25) is 0 Å². The van der Waals surface area contributed by atoms with Crippen molar-refractivity contribution in [2.75, 3.05) is 12.9 Å². The minimum atomic E-state index is -0.758. The number of aliphatic hydroxyl groups is 1. The summed E-state index contributed by atoms with van der Waals surface area (Å²) in [7, 11) is 1.26. The second-order valence-corrected chi connectivity index (χ2v) is 5.45. The average Bonchev–Trinajstić information content (AvgIpc) is 2.70. The Labute approximate surface area is 106 Å². The van der Waals surface area contributed by atoms with Gasteiger partial charge in [0, 0.05) is 10.9 Å². The average molecular weight is 277 g/mol. The van der Waals surface area contributed by atoms with Gasteiger partial charge in [0.25, 0.3) is 5.69 Å². The Hall–Kier alpha value is -1.12. The van der Waals surface area contributed by atoms with Crippen molar-refractivity contribution >= 4 is 34.8 Å². The number of thiophene rings is 1. The molecule has 17 heavy (non-hydrogen) atoms. The van der Waals surface area contributed by atoms with Gasteiger partial charge in [0.05, 0.1) is 23.9 Å². The lowest BCUT2D eigenvalue weighted by Gasteiger charge is -1.97. The van der Waals surface area contributed by atoms with E-state index >= 15 is 0 Å². The van der Waals surface area contributed by atoms with Crippen molar-refractivity contribution in [3.8, 4) is 0 Å².